The van der Waals surface area contributed by atoms with Gasteiger partial charge in [0.05, 0.1) is 5.69 Å². The largest absolute Gasteiger partial charge is 0.350 e. The van der Waals surface area contributed by atoms with E-state index < -0.39 is 11.4 Å². The van der Waals surface area contributed by atoms with Gasteiger partial charge in [-0.25, -0.2) is 4.98 Å². The Labute approximate surface area is 164 Å². The lowest BCUT2D eigenvalue weighted by atomic mass is 10.2. The van der Waals surface area contributed by atoms with Gasteiger partial charge in [0.2, 0.25) is 21.8 Å². The van der Waals surface area contributed by atoms with Gasteiger partial charge in [-0.15, -0.1) is 5.10 Å². The molecule has 1 aliphatic heterocycles. The van der Waals surface area contributed by atoms with Gasteiger partial charge in [0.1, 0.15) is 6.04 Å². The van der Waals surface area contributed by atoms with Crippen molar-refractivity contribution < 1.29 is 9.18 Å². The zero-order chi connectivity index (χ0) is 19.7. The number of anilines is 1. The van der Waals surface area contributed by atoms with Gasteiger partial charge >= 0.3 is 5.56 Å². The SMILES string of the molecule is CCc1nc2sc(N3CCC[C@@H]3C(=O)NCc3ccccc3)nn2c(=O)c1F. The molecule has 1 saturated heterocycles. The van der Waals surface area contributed by atoms with E-state index in [0.29, 0.717) is 36.0 Å². The number of hydrogen-bond donors (Lipinski definition) is 1. The first-order chi connectivity index (χ1) is 13.6. The second kappa shape index (κ2) is 7.67. The number of benzene rings is 1. The molecule has 1 aliphatic rings. The zero-order valence-corrected chi connectivity index (χ0v) is 16.2. The first kappa shape index (κ1) is 18.5. The van der Waals surface area contributed by atoms with Crippen LogP contribution in [0, 0.1) is 5.82 Å². The normalized spacial score (nSPS) is 16.6. The fourth-order valence-electron chi connectivity index (χ4n) is 3.38. The summed E-state index contributed by atoms with van der Waals surface area (Å²) in [4.78, 5) is 31.4. The summed E-state index contributed by atoms with van der Waals surface area (Å²) in [5.74, 6) is -0.947. The third kappa shape index (κ3) is 3.37. The quantitative estimate of drug-likeness (QED) is 0.709. The van der Waals surface area contributed by atoms with Crippen molar-refractivity contribution in [3.05, 3.63) is 57.8 Å². The number of amides is 1. The Bertz CT molecular complexity index is 1070. The van der Waals surface area contributed by atoms with Crippen LogP contribution < -0.4 is 15.8 Å². The Morgan fingerprint density at radius 3 is 2.89 bits per heavy atom. The van der Waals surface area contributed by atoms with E-state index in [1.54, 1.807) is 6.92 Å². The van der Waals surface area contributed by atoms with Gasteiger partial charge in [-0.1, -0.05) is 48.6 Å². The number of nitrogens with zero attached hydrogens (tertiary/aromatic N) is 4. The Morgan fingerprint density at radius 1 is 1.36 bits per heavy atom. The van der Waals surface area contributed by atoms with E-state index in [-0.39, 0.29) is 17.6 Å². The molecule has 1 atom stereocenters. The van der Waals surface area contributed by atoms with E-state index >= 15 is 0 Å². The van der Waals surface area contributed by atoms with E-state index in [9.17, 15) is 14.0 Å². The van der Waals surface area contributed by atoms with Crippen molar-refractivity contribution in [3.8, 4) is 0 Å². The van der Waals surface area contributed by atoms with Crippen molar-refractivity contribution >= 4 is 27.3 Å². The highest BCUT2D eigenvalue weighted by atomic mass is 32.1. The van der Waals surface area contributed by atoms with Crippen molar-refractivity contribution in [2.24, 2.45) is 0 Å². The Hall–Kier alpha value is -2.81. The summed E-state index contributed by atoms with van der Waals surface area (Å²) in [7, 11) is 0. The Kier molecular flexibility index (Phi) is 5.08. The highest BCUT2D eigenvalue weighted by Gasteiger charge is 2.33. The molecule has 3 heterocycles. The number of fused-ring (bicyclic) bond motifs is 1. The highest BCUT2D eigenvalue weighted by molar-refractivity contribution is 7.20. The molecule has 0 aliphatic carbocycles. The van der Waals surface area contributed by atoms with E-state index in [2.05, 4.69) is 15.4 Å². The molecule has 1 N–H and O–H groups in total. The molecule has 7 nitrogen and oxygen atoms in total. The molecule has 9 heteroatoms. The number of carbonyl (C=O) groups is 1. The van der Waals surface area contributed by atoms with Crippen LogP contribution in [0.2, 0.25) is 0 Å². The fraction of sp³-hybridized carbons (Fsp3) is 0.368. The average molecular weight is 401 g/mol. The lowest BCUT2D eigenvalue weighted by Crippen LogP contribution is -2.43. The van der Waals surface area contributed by atoms with Gasteiger partial charge < -0.3 is 10.2 Å². The number of rotatable bonds is 5. The van der Waals surface area contributed by atoms with E-state index in [1.807, 2.05) is 35.2 Å². The van der Waals surface area contributed by atoms with Crippen LogP contribution in [0.15, 0.2) is 35.1 Å². The molecular weight excluding hydrogens is 381 g/mol. The summed E-state index contributed by atoms with van der Waals surface area (Å²) in [5, 5.41) is 7.72. The van der Waals surface area contributed by atoms with Crippen LogP contribution in [-0.2, 0) is 17.8 Å². The predicted molar refractivity (Wildman–Crippen MR) is 105 cm³/mol. The van der Waals surface area contributed by atoms with Crippen molar-refractivity contribution in [2.75, 3.05) is 11.4 Å². The molecule has 0 radical (unpaired) electrons. The molecule has 3 aromatic rings. The maximum atomic E-state index is 14.1. The number of halogens is 1. The number of aromatic nitrogens is 3. The average Bonchev–Trinajstić information content (AvgIpc) is 3.36. The molecule has 0 unspecified atom stereocenters. The van der Waals surface area contributed by atoms with Crippen molar-refractivity contribution in [3.63, 3.8) is 0 Å². The van der Waals surface area contributed by atoms with E-state index in [0.717, 1.165) is 16.5 Å². The van der Waals surface area contributed by atoms with Crippen LogP contribution in [0.3, 0.4) is 0 Å². The number of carbonyl (C=O) groups excluding carboxylic acids is 1. The zero-order valence-electron chi connectivity index (χ0n) is 15.4. The standard InChI is InChI=1S/C19H20FN5O2S/c1-2-13-15(20)17(27)25-18(22-13)28-19(23-25)24-10-6-9-14(24)16(26)21-11-12-7-4-3-5-8-12/h3-5,7-8,14H,2,6,9-11H2,1H3,(H,21,26)/t14-/m1/s1. The van der Waals surface area contributed by atoms with Crippen LogP contribution in [-0.4, -0.2) is 33.1 Å². The van der Waals surface area contributed by atoms with Crippen LogP contribution in [0.5, 0.6) is 0 Å². The summed E-state index contributed by atoms with van der Waals surface area (Å²) >= 11 is 1.20. The monoisotopic (exact) mass is 401 g/mol. The molecule has 1 fully saturated rings. The second-order valence-corrected chi connectivity index (χ2v) is 7.60. The van der Waals surface area contributed by atoms with Gasteiger partial charge in [0.25, 0.3) is 0 Å². The molecule has 2 aromatic heterocycles. The van der Waals surface area contributed by atoms with Gasteiger partial charge in [-0.3, -0.25) is 9.59 Å². The third-order valence-corrected chi connectivity index (χ3v) is 5.80. The van der Waals surface area contributed by atoms with Gasteiger partial charge in [-0.2, -0.15) is 8.91 Å². The molecule has 28 heavy (non-hydrogen) atoms. The maximum Gasteiger partial charge on any atom is 0.311 e. The fourth-order valence-corrected chi connectivity index (χ4v) is 4.37. The minimum absolute atomic E-state index is 0.0821. The van der Waals surface area contributed by atoms with Crippen molar-refractivity contribution in [2.45, 2.75) is 38.8 Å². The molecule has 1 amide bonds. The van der Waals surface area contributed by atoms with Crippen LogP contribution >= 0.6 is 11.3 Å². The number of hydrogen-bond acceptors (Lipinski definition) is 6. The number of aryl methyl sites for hydroxylation is 1. The summed E-state index contributed by atoms with van der Waals surface area (Å²) in [6, 6.07) is 9.34. The highest BCUT2D eigenvalue weighted by Crippen LogP contribution is 2.29. The lowest BCUT2D eigenvalue weighted by Gasteiger charge is -2.22. The molecule has 1 aromatic carbocycles. The molecule has 0 bridgehead atoms. The molecule has 146 valence electrons. The van der Waals surface area contributed by atoms with Gasteiger partial charge in [-0.05, 0) is 24.8 Å². The third-order valence-electron chi connectivity index (χ3n) is 4.86. The van der Waals surface area contributed by atoms with Crippen molar-refractivity contribution in [1.82, 2.24) is 19.9 Å². The molecule has 0 spiro atoms. The number of nitrogens with one attached hydrogen (secondary N) is 1. The van der Waals surface area contributed by atoms with Crippen LogP contribution in [0.4, 0.5) is 9.52 Å². The first-order valence-corrected chi connectivity index (χ1v) is 10.1. The van der Waals surface area contributed by atoms with E-state index in [4.69, 9.17) is 0 Å². The predicted octanol–water partition coefficient (Wildman–Crippen LogP) is 2.14. The van der Waals surface area contributed by atoms with Crippen LogP contribution in [0.25, 0.3) is 4.96 Å². The topological polar surface area (TPSA) is 79.6 Å². The second-order valence-electron chi connectivity index (χ2n) is 6.67. The molecule has 0 saturated carbocycles. The first-order valence-electron chi connectivity index (χ1n) is 9.25. The Balaban J connectivity index is 1.57. The lowest BCUT2D eigenvalue weighted by molar-refractivity contribution is -0.122. The van der Waals surface area contributed by atoms with Gasteiger partial charge in [0, 0.05) is 13.1 Å². The summed E-state index contributed by atoms with van der Waals surface area (Å²) in [6.07, 6.45) is 1.88. The Morgan fingerprint density at radius 2 is 2.14 bits per heavy atom. The maximum absolute atomic E-state index is 14.1. The summed E-state index contributed by atoms with van der Waals surface area (Å²) < 4.78 is 15.1. The minimum atomic E-state index is -0.865. The molecule has 4 rings (SSSR count). The minimum Gasteiger partial charge on any atom is -0.350 e. The van der Waals surface area contributed by atoms with E-state index in [1.165, 1.54) is 11.3 Å². The summed E-state index contributed by atoms with van der Waals surface area (Å²) in [6.45, 7) is 2.86. The van der Waals surface area contributed by atoms with Crippen LogP contribution in [0.1, 0.15) is 31.0 Å². The smallest absolute Gasteiger partial charge is 0.311 e. The molecular formula is C19H20FN5O2S. The van der Waals surface area contributed by atoms with Gasteiger partial charge in [0.15, 0.2) is 0 Å². The van der Waals surface area contributed by atoms with Crippen molar-refractivity contribution in [1.29, 1.82) is 0 Å². The summed E-state index contributed by atoms with van der Waals surface area (Å²) in [5.41, 5.74) is 0.367.